The molecule has 2 heterocycles. The van der Waals surface area contributed by atoms with Crippen LogP contribution in [-0.4, -0.2) is 27.3 Å². The Morgan fingerprint density at radius 1 is 1.14 bits per heavy atom. The molecule has 0 aliphatic carbocycles. The minimum absolute atomic E-state index is 0.121. The summed E-state index contributed by atoms with van der Waals surface area (Å²) in [6, 6.07) is 13.8. The first-order chi connectivity index (χ1) is 13.5. The SMILES string of the molecule is CSc1nnc2c(n1)O[C@@H](c1cc(C)ccc1C)N(C(C)=O)c1ccccc1-2. The number of hydrogen-bond donors (Lipinski definition) is 0. The summed E-state index contributed by atoms with van der Waals surface area (Å²) < 4.78 is 6.36. The van der Waals surface area contributed by atoms with E-state index in [9.17, 15) is 4.79 Å². The number of nitrogens with zero attached hydrogens (tertiary/aromatic N) is 4. The van der Waals surface area contributed by atoms with E-state index in [2.05, 4.69) is 15.2 Å². The second-order valence-corrected chi connectivity index (χ2v) is 7.46. The van der Waals surface area contributed by atoms with Gasteiger partial charge in [-0.2, -0.15) is 4.98 Å². The molecule has 0 bridgehead atoms. The molecule has 0 saturated heterocycles. The number of thioether (sulfide) groups is 1. The molecular weight excluding hydrogens is 372 g/mol. The van der Waals surface area contributed by atoms with Crippen molar-refractivity contribution in [1.82, 2.24) is 15.2 Å². The molecule has 1 amide bonds. The van der Waals surface area contributed by atoms with Crippen molar-refractivity contribution in [2.75, 3.05) is 11.2 Å². The summed E-state index contributed by atoms with van der Waals surface area (Å²) >= 11 is 1.39. The average Bonchev–Trinajstić information content (AvgIpc) is 2.83. The zero-order valence-electron chi connectivity index (χ0n) is 16.1. The molecule has 1 aliphatic rings. The fourth-order valence-corrected chi connectivity index (χ4v) is 3.66. The molecule has 0 unspecified atom stereocenters. The molecule has 3 aromatic rings. The largest absolute Gasteiger partial charge is 0.447 e. The molecule has 4 rings (SSSR count). The highest BCUT2D eigenvalue weighted by atomic mass is 32.2. The molecule has 28 heavy (non-hydrogen) atoms. The van der Waals surface area contributed by atoms with Crippen LogP contribution in [0.2, 0.25) is 0 Å². The fourth-order valence-electron chi connectivity index (χ4n) is 3.37. The third kappa shape index (κ3) is 3.11. The van der Waals surface area contributed by atoms with Crippen molar-refractivity contribution in [1.29, 1.82) is 0 Å². The van der Waals surface area contributed by atoms with Crippen molar-refractivity contribution >= 4 is 23.4 Å². The number of carbonyl (C=O) groups excluding carboxylic acids is 1. The average molecular weight is 392 g/mol. The summed E-state index contributed by atoms with van der Waals surface area (Å²) in [6.07, 6.45) is 1.24. The number of carbonyl (C=O) groups is 1. The molecule has 1 atom stereocenters. The van der Waals surface area contributed by atoms with Crippen LogP contribution in [0.1, 0.15) is 29.8 Å². The van der Waals surface area contributed by atoms with Gasteiger partial charge in [0.05, 0.1) is 5.69 Å². The van der Waals surface area contributed by atoms with E-state index in [1.807, 2.05) is 62.6 Å². The van der Waals surface area contributed by atoms with Gasteiger partial charge in [-0.1, -0.05) is 53.7 Å². The Balaban J connectivity index is 2.01. The predicted molar refractivity (Wildman–Crippen MR) is 109 cm³/mol. The maximum atomic E-state index is 12.8. The lowest BCUT2D eigenvalue weighted by molar-refractivity contribution is -0.118. The lowest BCUT2D eigenvalue weighted by atomic mass is 10.0. The van der Waals surface area contributed by atoms with E-state index >= 15 is 0 Å². The number of anilines is 1. The molecular formula is C21H20N4O2S. The second kappa shape index (κ2) is 7.24. The Hall–Kier alpha value is -2.93. The minimum atomic E-state index is -0.647. The summed E-state index contributed by atoms with van der Waals surface area (Å²) in [5.74, 6) is 0.255. The van der Waals surface area contributed by atoms with Crippen LogP contribution in [0.15, 0.2) is 47.6 Å². The van der Waals surface area contributed by atoms with Gasteiger partial charge in [-0.15, -0.1) is 10.2 Å². The van der Waals surface area contributed by atoms with Crippen molar-refractivity contribution in [3.8, 4) is 17.1 Å². The number of benzene rings is 2. The van der Waals surface area contributed by atoms with Crippen molar-refractivity contribution < 1.29 is 9.53 Å². The monoisotopic (exact) mass is 392 g/mol. The molecule has 0 N–H and O–H groups in total. The van der Waals surface area contributed by atoms with Gasteiger partial charge >= 0.3 is 0 Å². The summed E-state index contributed by atoms with van der Waals surface area (Å²) in [5, 5.41) is 9.05. The summed E-state index contributed by atoms with van der Waals surface area (Å²) in [6.45, 7) is 5.58. The van der Waals surface area contributed by atoms with Gasteiger partial charge in [0.1, 0.15) is 0 Å². The first-order valence-corrected chi connectivity index (χ1v) is 10.1. The van der Waals surface area contributed by atoms with Gasteiger partial charge in [0.15, 0.2) is 5.69 Å². The van der Waals surface area contributed by atoms with Gasteiger partial charge < -0.3 is 4.74 Å². The first kappa shape index (κ1) is 18.4. The van der Waals surface area contributed by atoms with Crippen LogP contribution in [0.25, 0.3) is 11.3 Å². The van der Waals surface area contributed by atoms with E-state index in [1.165, 1.54) is 11.8 Å². The highest BCUT2D eigenvalue weighted by Gasteiger charge is 2.35. The number of amides is 1. The van der Waals surface area contributed by atoms with E-state index in [1.54, 1.807) is 11.8 Å². The normalized spacial score (nSPS) is 15.3. The smallest absolute Gasteiger partial charge is 0.247 e. The molecule has 0 spiro atoms. The van der Waals surface area contributed by atoms with E-state index in [-0.39, 0.29) is 5.91 Å². The highest BCUT2D eigenvalue weighted by Crippen LogP contribution is 2.43. The minimum Gasteiger partial charge on any atom is -0.447 e. The molecule has 1 aliphatic heterocycles. The lowest BCUT2D eigenvalue weighted by Gasteiger charge is -2.31. The molecule has 0 radical (unpaired) electrons. The number of ether oxygens (including phenoxy) is 1. The Morgan fingerprint density at radius 3 is 2.68 bits per heavy atom. The quantitative estimate of drug-likeness (QED) is 0.605. The van der Waals surface area contributed by atoms with Crippen LogP contribution in [-0.2, 0) is 4.79 Å². The van der Waals surface area contributed by atoms with E-state index in [0.717, 1.165) is 27.9 Å². The second-order valence-electron chi connectivity index (χ2n) is 6.69. The molecule has 7 heteroatoms. The first-order valence-electron chi connectivity index (χ1n) is 8.91. The van der Waals surface area contributed by atoms with Crippen molar-refractivity contribution in [2.24, 2.45) is 0 Å². The molecule has 6 nitrogen and oxygen atoms in total. The maximum absolute atomic E-state index is 12.8. The molecule has 142 valence electrons. The Bertz CT molecular complexity index is 1070. The van der Waals surface area contributed by atoms with Gasteiger partial charge in [0.2, 0.25) is 23.2 Å². The van der Waals surface area contributed by atoms with E-state index < -0.39 is 6.23 Å². The zero-order chi connectivity index (χ0) is 19.8. The van der Waals surface area contributed by atoms with Gasteiger partial charge in [-0.25, -0.2) is 0 Å². The van der Waals surface area contributed by atoms with Crippen LogP contribution < -0.4 is 9.64 Å². The van der Waals surface area contributed by atoms with Crippen LogP contribution in [0, 0.1) is 13.8 Å². The predicted octanol–water partition coefficient (Wildman–Crippen LogP) is 4.32. The maximum Gasteiger partial charge on any atom is 0.247 e. The third-order valence-electron chi connectivity index (χ3n) is 4.73. The Labute approximate surface area is 168 Å². The molecule has 0 saturated carbocycles. The fraction of sp³-hybridized carbons (Fsp3) is 0.238. The lowest BCUT2D eigenvalue weighted by Crippen LogP contribution is -2.36. The molecule has 0 fully saturated rings. The van der Waals surface area contributed by atoms with Crippen LogP contribution in [0.3, 0.4) is 0 Å². The van der Waals surface area contributed by atoms with Gasteiger partial charge in [0.25, 0.3) is 0 Å². The van der Waals surface area contributed by atoms with Crippen molar-refractivity contribution in [2.45, 2.75) is 32.2 Å². The van der Waals surface area contributed by atoms with Crippen LogP contribution in [0.4, 0.5) is 5.69 Å². The van der Waals surface area contributed by atoms with Crippen LogP contribution >= 0.6 is 11.8 Å². The summed E-state index contributed by atoms with van der Waals surface area (Å²) in [5.41, 5.74) is 5.08. The van der Waals surface area contributed by atoms with E-state index in [0.29, 0.717) is 16.7 Å². The summed E-state index contributed by atoms with van der Waals surface area (Å²) in [7, 11) is 0. The number of fused-ring (bicyclic) bond motifs is 3. The number of rotatable bonds is 2. The summed E-state index contributed by atoms with van der Waals surface area (Å²) in [4.78, 5) is 19.0. The van der Waals surface area contributed by atoms with Crippen molar-refractivity contribution in [3.05, 3.63) is 59.2 Å². The van der Waals surface area contributed by atoms with E-state index in [4.69, 9.17) is 4.74 Å². The Kier molecular flexibility index (Phi) is 4.77. The number of aromatic nitrogens is 3. The highest BCUT2D eigenvalue weighted by molar-refractivity contribution is 7.98. The van der Waals surface area contributed by atoms with Gasteiger partial charge in [-0.05, 0) is 31.7 Å². The topological polar surface area (TPSA) is 68.2 Å². The third-order valence-corrected chi connectivity index (χ3v) is 5.27. The Morgan fingerprint density at radius 2 is 1.93 bits per heavy atom. The van der Waals surface area contributed by atoms with Gasteiger partial charge in [-0.3, -0.25) is 9.69 Å². The molecule has 2 aromatic carbocycles. The number of para-hydroxylation sites is 1. The van der Waals surface area contributed by atoms with Crippen molar-refractivity contribution in [3.63, 3.8) is 0 Å². The molecule has 1 aromatic heterocycles. The number of aryl methyl sites for hydroxylation is 2. The number of hydrogen-bond acceptors (Lipinski definition) is 6. The standard InChI is InChI=1S/C21H20N4O2S/c1-12-9-10-13(2)16(11-12)20-25(14(3)26)17-8-6-5-7-15(17)18-19(27-20)22-21(28-4)24-23-18/h5-11,20H,1-4H3/t20-/m0/s1. The van der Waals surface area contributed by atoms with Gasteiger partial charge in [0, 0.05) is 18.1 Å². The van der Waals surface area contributed by atoms with Crippen LogP contribution in [0.5, 0.6) is 5.88 Å². The zero-order valence-corrected chi connectivity index (χ0v) is 16.9.